The Hall–Kier alpha value is -3.99. The highest BCUT2D eigenvalue weighted by Crippen LogP contribution is 2.35. The summed E-state index contributed by atoms with van der Waals surface area (Å²) >= 11 is 2.75. The lowest BCUT2D eigenvalue weighted by Gasteiger charge is -2.26. The number of carbonyl (C=O) groups is 1. The van der Waals surface area contributed by atoms with Crippen LogP contribution in [0.1, 0.15) is 16.0 Å². The molecule has 0 bridgehead atoms. The summed E-state index contributed by atoms with van der Waals surface area (Å²) < 4.78 is 20.1. The fourth-order valence-electron chi connectivity index (χ4n) is 4.97. The highest BCUT2D eigenvalue weighted by atomic mass is 32.2. The number of thioether (sulfide) groups is 1. The molecule has 0 saturated carbocycles. The summed E-state index contributed by atoms with van der Waals surface area (Å²) in [7, 11) is 1.59. The zero-order valence-corrected chi connectivity index (χ0v) is 23.9. The summed E-state index contributed by atoms with van der Waals surface area (Å²) in [5.74, 6) is 0.0520. The standard InChI is InChI=1S/C31H27FN4O3S2/c1-39-24-13-11-23(12-14-24)36-30(38)28-25-15-16-35(17-20-5-3-2-4-6-20)18-26(25)41-29(28)34-31(36)40-19-27(37)33-22-9-7-21(32)8-10-22/h2-14H,15-19H2,1H3,(H,33,37). The van der Waals surface area contributed by atoms with E-state index in [-0.39, 0.29) is 23.0 Å². The minimum Gasteiger partial charge on any atom is -0.497 e. The van der Waals surface area contributed by atoms with Crippen LogP contribution in [0.15, 0.2) is 88.8 Å². The van der Waals surface area contributed by atoms with Crippen molar-refractivity contribution in [1.82, 2.24) is 14.5 Å². The van der Waals surface area contributed by atoms with Gasteiger partial charge in [0.1, 0.15) is 16.4 Å². The van der Waals surface area contributed by atoms with E-state index in [1.54, 1.807) is 35.1 Å². The molecule has 0 atom stereocenters. The molecule has 0 spiro atoms. The van der Waals surface area contributed by atoms with Gasteiger partial charge in [0, 0.05) is 30.2 Å². The molecule has 3 aromatic carbocycles. The normalized spacial score (nSPS) is 13.2. The van der Waals surface area contributed by atoms with E-state index < -0.39 is 0 Å². The second kappa shape index (κ2) is 11.9. The molecule has 10 heteroatoms. The summed E-state index contributed by atoms with van der Waals surface area (Å²) in [4.78, 5) is 36.0. The van der Waals surface area contributed by atoms with Crippen molar-refractivity contribution < 1.29 is 13.9 Å². The second-order valence-electron chi connectivity index (χ2n) is 9.71. The molecule has 0 saturated heterocycles. The van der Waals surface area contributed by atoms with Crippen molar-refractivity contribution in [3.8, 4) is 11.4 Å². The molecule has 0 unspecified atom stereocenters. The van der Waals surface area contributed by atoms with Gasteiger partial charge in [-0.2, -0.15) is 0 Å². The van der Waals surface area contributed by atoms with Crippen LogP contribution in [-0.2, 0) is 24.3 Å². The highest BCUT2D eigenvalue weighted by molar-refractivity contribution is 7.99. The average molecular weight is 587 g/mol. The van der Waals surface area contributed by atoms with Gasteiger partial charge in [-0.1, -0.05) is 42.1 Å². The number of nitrogens with zero attached hydrogens (tertiary/aromatic N) is 3. The van der Waals surface area contributed by atoms with Crippen molar-refractivity contribution in [2.75, 3.05) is 24.7 Å². The van der Waals surface area contributed by atoms with E-state index in [1.165, 1.54) is 41.6 Å². The number of nitrogens with one attached hydrogen (secondary N) is 1. The van der Waals surface area contributed by atoms with Crippen molar-refractivity contribution in [1.29, 1.82) is 0 Å². The number of halogens is 1. The summed E-state index contributed by atoms with van der Waals surface area (Å²) in [6.07, 6.45) is 0.772. The Morgan fingerprint density at radius 2 is 1.83 bits per heavy atom. The molecule has 1 amide bonds. The third kappa shape index (κ3) is 5.90. The van der Waals surface area contributed by atoms with Crippen molar-refractivity contribution >= 4 is 44.9 Å². The van der Waals surface area contributed by atoms with E-state index in [4.69, 9.17) is 9.72 Å². The number of thiophene rings is 1. The Labute approximate surface area is 244 Å². The lowest BCUT2D eigenvalue weighted by Crippen LogP contribution is -2.30. The molecule has 6 rings (SSSR count). The number of benzene rings is 3. The van der Waals surface area contributed by atoms with Crippen LogP contribution in [-0.4, -0.2) is 39.8 Å². The van der Waals surface area contributed by atoms with Gasteiger partial charge in [-0.15, -0.1) is 11.3 Å². The van der Waals surface area contributed by atoms with Crippen LogP contribution in [0.25, 0.3) is 15.9 Å². The molecule has 0 radical (unpaired) electrons. The van der Waals surface area contributed by atoms with Gasteiger partial charge in [-0.3, -0.25) is 19.1 Å². The van der Waals surface area contributed by atoms with Crippen molar-refractivity contribution in [2.24, 2.45) is 0 Å². The zero-order valence-electron chi connectivity index (χ0n) is 22.3. The van der Waals surface area contributed by atoms with Gasteiger partial charge in [0.05, 0.1) is 23.9 Å². The molecule has 1 aliphatic heterocycles. The lowest BCUT2D eigenvalue weighted by atomic mass is 10.0. The topological polar surface area (TPSA) is 76.5 Å². The van der Waals surface area contributed by atoms with Gasteiger partial charge in [0.2, 0.25) is 5.91 Å². The molecule has 5 aromatic rings. The van der Waals surface area contributed by atoms with E-state index in [0.29, 0.717) is 32.5 Å². The first kappa shape index (κ1) is 27.2. The summed E-state index contributed by atoms with van der Waals surface area (Å²) in [5.41, 5.74) is 3.33. The van der Waals surface area contributed by atoms with Crippen LogP contribution in [0.5, 0.6) is 5.75 Å². The fourth-order valence-corrected chi connectivity index (χ4v) is 7.09. The maximum Gasteiger partial charge on any atom is 0.267 e. The first-order valence-corrected chi connectivity index (χ1v) is 14.9. The van der Waals surface area contributed by atoms with E-state index in [2.05, 4.69) is 34.5 Å². The molecule has 1 N–H and O–H groups in total. The van der Waals surface area contributed by atoms with Crippen LogP contribution in [0, 0.1) is 5.82 Å². The predicted octanol–water partition coefficient (Wildman–Crippen LogP) is 5.88. The van der Waals surface area contributed by atoms with E-state index >= 15 is 0 Å². The summed E-state index contributed by atoms with van der Waals surface area (Å²) in [6.45, 7) is 2.47. The minimum atomic E-state index is -0.375. The van der Waals surface area contributed by atoms with Gasteiger partial charge >= 0.3 is 0 Å². The van der Waals surface area contributed by atoms with Gasteiger partial charge in [-0.25, -0.2) is 9.37 Å². The second-order valence-corrected chi connectivity index (χ2v) is 11.7. The predicted molar refractivity (Wildman–Crippen MR) is 162 cm³/mol. The number of aromatic nitrogens is 2. The molecule has 2 aromatic heterocycles. The molecular weight excluding hydrogens is 559 g/mol. The smallest absolute Gasteiger partial charge is 0.267 e. The van der Waals surface area contributed by atoms with Crippen LogP contribution in [0.3, 0.4) is 0 Å². The summed E-state index contributed by atoms with van der Waals surface area (Å²) in [5, 5.41) is 3.85. The fraction of sp³-hybridized carbons (Fsp3) is 0.194. The Morgan fingerprint density at radius 1 is 1.07 bits per heavy atom. The SMILES string of the molecule is COc1ccc(-n2c(SCC(=O)Nc3ccc(F)cc3)nc3sc4c(c3c2=O)CCN(Cc2ccccc2)C4)cc1. The van der Waals surface area contributed by atoms with E-state index in [9.17, 15) is 14.0 Å². The molecule has 0 aliphatic carbocycles. The average Bonchev–Trinajstić information content (AvgIpc) is 3.36. The lowest BCUT2D eigenvalue weighted by molar-refractivity contribution is -0.113. The van der Waals surface area contributed by atoms with E-state index in [1.807, 2.05) is 18.2 Å². The quantitative estimate of drug-likeness (QED) is 0.181. The highest BCUT2D eigenvalue weighted by Gasteiger charge is 2.26. The number of hydrogen-bond donors (Lipinski definition) is 1. The first-order valence-electron chi connectivity index (χ1n) is 13.1. The van der Waals surface area contributed by atoms with Crippen molar-refractivity contribution in [2.45, 2.75) is 24.7 Å². The van der Waals surface area contributed by atoms with Gasteiger partial charge in [0.15, 0.2) is 5.16 Å². The number of anilines is 1. The van der Waals surface area contributed by atoms with E-state index in [0.717, 1.165) is 36.5 Å². The van der Waals surface area contributed by atoms with Crippen LogP contribution >= 0.6 is 23.1 Å². The third-order valence-corrected chi connectivity index (χ3v) is 9.01. The number of amides is 1. The van der Waals surface area contributed by atoms with Gasteiger partial charge in [-0.05, 0) is 66.1 Å². The minimum absolute atomic E-state index is 0.0292. The largest absolute Gasteiger partial charge is 0.497 e. The Bertz CT molecular complexity index is 1750. The van der Waals surface area contributed by atoms with Gasteiger partial charge < -0.3 is 10.1 Å². The number of hydrogen-bond acceptors (Lipinski definition) is 7. The zero-order chi connectivity index (χ0) is 28.3. The monoisotopic (exact) mass is 586 g/mol. The third-order valence-electron chi connectivity index (χ3n) is 6.96. The molecule has 41 heavy (non-hydrogen) atoms. The van der Waals surface area contributed by atoms with Crippen molar-refractivity contribution in [3.05, 3.63) is 111 Å². The molecule has 208 valence electrons. The number of fused-ring (bicyclic) bond motifs is 3. The number of rotatable bonds is 8. The molecular formula is C31H27FN4O3S2. The number of carbonyl (C=O) groups excluding carboxylic acids is 1. The number of ether oxygens (including phenoxy) is 1. The van der Waals surface area contributed by atoms with Gasteiger partial charge in [0.25, 0.3) is 5.56 Å². The van der Waals surface area contributed by atoms with Crippen LogP contribution in [0.4, 0.5) is 10.1 Å². The summed E-state index contributed by atoms with van der Waals surface area (Å²) in [6, 6.07) is 23.2. The Balaban J connectivity index is 1.33. The number of methoxy groups -OCH3 is 1. The van der Waals surface area contributed by atoms with Crippen LogP contribution in [0.2, 0.25) is 0 Å². The Morgan fingerprint density at radius 3 is 2.56 bits per heavy atom. The Kier molecular flexibility index (Phi) is 7.86. The van der Waals surface area contributed by atoms with Crippen LogP contribution < -0.4 is 15.6 Å². The molecule has 1 aliphatic rings. The first-order chi connectivity index (χ1) is 20.0. The van der Waals surface area contributed by atoms with Crippen molar-refractivity contribution in [3.63, 3.8) is 0 Å². The molecule has 7 nitrogen and oxygen atoms in total. The molecule has 3 heterocycles. The maximum atomic E-state index is 14.1. The molecule has 0 fully saturated rings. The maximum absolute atomic E-state index is 14.1.